The molecule has 0 atom stereocenters. The SMILES string of the molecule is Cc1ccc(N)c(C(=O)NN2CCOCC2)c1. The van der Waals surface area contributed by atoms with Crippen LogP contribution in [-0.2, 0) is 4.74 Å². The van der Waals surface area contributed by atoms with E-state index in [2.05, 4.69) is 5.43 Å². The number of benzene rings is 1. The average Bonchev–Trinajstić information content (AvgIpc) is 2.33. The zero-order valence-corrected chi connectivity index (χ0v) is 9.90. The van der Waals surface area contributed by atoms with Crippen molar-refractivity contribution in [1.82, 2.24) is 10.4 Å². The Morgan fingerprint density at radius 2 is 2.12 bits per heavy atom. The van der Waals surface area contributed by atoms with Crippen LogP contribution in [-0.4, -0.2) is 37.2 Å². The second-order valence-electron chi connectivity index (χ2n) is 4.13. The molecule has 0 aromatic heterocycles. The molecule has 1 amide bonds. The Labute approximate surface area is 101 Å². The van der Waals surface area contributed by atoms with E-state index in [0.717, 1.165) is 5.56 Å². The quantitative estimate of drug-likeness (QED) is 0.735. The number of nitrogens with two attached hydrogens (primary N) is 1. The molecular weight excluding hydrogens is 218 g/mol. The third-order valence-corrected chi connectivity index (χ3v) is 2.72. The molecule has 0 aliphatic carbocycles. The molecule has 0 bridgehead atoms. The molecule has 3 N–H and O–H groups in total. The van der Waals surface area contributed by atoms with E-state index < -0.39 is 0 Å². The number of carbonyl (C=O) groups is 1. The lowest BCUT2D eigenvalue weighted by Crippen LogP contribution is -2.48. The van der Waals surface area contributed by atoms with Gasteiger partial charge in [-0.2, -0.15) is 0 Å². The van der Waals surface area contributed by atoms with Crippen molar-refractivity contribution in [2.75, 3.05) is 32.0 Å². The minimum Gasteiger partial charge on any atom is -0.398 e. The lowest BCUT2D eigenvalue weighted by atomic mass is 10.1. The van der Waals surface area contributed by atoms with Crippen LogP contribution in [0.5, 0.6) is 0 Å². The summed E-state index contributed by atoms with van der Waals surface area (Å²) in [6.45, 7) is 4.63. The summed E-state index contributed by atoms with van der Waals surface area (Å²) in [6.07, 6.45) is 0. The van der Waals surface area contributed by atoms with Gasteiger partial charge in [-0.3, -0.25) is 10.2 Å². The van der Waals surface area contributed by atoms with E-state index in [9.17, 15) is 4.79 Å². The first-order valence-electron chi connectivity index (χ1n) is 5.66. The summed E-state index contributed by atoms with van der Waals surface area (Å²) in [5, 5.41) is 1.85. The van der Waals surface area contributed by atoms with Crippen LogP contribution >= 0.6 is 0 Å². The molecule has 0 saturated carbocycles. The van der Waals surface area contributed by atoms with Crippen LogP contribution in [0.3, 0.4) is 0 Å². The highest BCUT2D eigenvalue weighted by molar-refractivity contribution is 5.99. The number of hydrogen-bond donors (Lipinski definition) is 2. The lowest BCUT2D eigenvalue weighted by Gasteiger charge is -2.27. The van der Waals surface area contributed by atoms with Crippen LogP contribution in [0.25, 0.3) is 0 Å². The van der Waals surface area contributed by atoms with E-state index in [4.69, 9.17) is 10.5 Å². The number of nitrogens with zero attached hydrogens (tertiary/aromatic N) is 1. The molecule has 5 nitrogen and oxygen atoms in total. The van der Waals surface area contributed by atoms with Gasteiger partial charge in [0.25, 0.3) is 5.91 Å². The number of aryl methyl sites for hydroxylation is 1. The Balaban J connectivity index is 2.05. The second kappa shape index (κ2) is 5.16. The predicted octanol–water partition coefficient (Wildman–Crippen LogP) is 0.554. The van der Waals surface area contributed by atoms with Crippen LogP contribution in [0.1, 0.15) is 15.9 Å². The minimum atomic E-state index is -0.159. The lowest BCUT2D eigenvalue weighted by molar-refractivity contribution is 0.0126. The number of anilines is 1. The van der Waals surface area contributed by atoms with E-state index in [1.54, 1.807) is 12.1 Å². The van der Waals surface area contributed by atoms with E-state index >= 15 is 0 Å². The van der Waals surface area contributed by atoms with Crippen LogP contribution in [0, 0.1) is 6.92 Å². The molecule has 2 rings (SSSR count). The number of morpholine rings is 1. The maximum Gasteiger partial charge on any atom is 0.267 e. The highest BCUT2D eigenvalue weighted by Crippen LogP contribution is 2.13. The topological polar surface area (TPSA) is 67.6 Å². The Kier molecular flexibility index (Phi) is 3.61. The van der Waals surface area contributed by atoms with E-state index in [0.29, 0.717) is 37.6 Å². The first-order valence-corrected chi connectivity index (χ1v) is 5.66. The standard InChI is InChI=1S/C12H17N3O2/c1-9-2-3-11(13)10(8-9)12(16)14-15-4-6-17-7-5-15/h2-3,8H,4-7,13H2,1H3,(H,14,16). The van der Waals surface area contributed by atoms with Gasteiger partial charge in [-0.25, -0.2) is 5.01 Å². The predicted molar refractivity (Wildman–Crippen MR) is 65.4 cm³/mol. The summed E-state index contributed by atoms with van der Waals surface area (Å²) in [7, 11) is 0. The van der Waals surface area contributed by atoms with Gasteiger partial charge in [-0.05, 0) is 19.1 Å². The van der Waals surface area contributed by atoms with Crippen molar-refractivity contribution >= 4 is 11.6 Å². The molecule has 1 aromatic rings. The summed E-state index contributed by atoms with van der Waals surface area (Å²) >= 11 is 0. The largest absolute Gasteiger partial charge is 0.398 e. The summed E-state index contributed by atoms with van der Waals surface area (Å²) in [5.74, 6) is -0.159. The number of nitrogen functional groups attached to an aromatic ring is 1. The number of hydrogen-bond acceptors (Lipinski definition) is 4. The number of amides is 1. The summed E-state index contributed by atoms with van der Waals surface area (Å²) in [5.41, 5.74) is 10.7. The van der Waals surface area contributed by atoms with Crippen LogP contribution in [0.2, 0.25) is 0 Å². The van der Waals surface area contributed by atoms with Crippen molar-refractivity contribution < 1.29 is 9.53 Å². The maximum absolute atomic E-state index is 12.0. The maximum atomic E-state index is 12.0. The molecule has 92 valence electrons. The van der Waals surface area contributed by atoms with Gasteiger partial charge in [0, 0.05) is 18.8 Å². The Morgan fingerprint density at radius 1 is 1.41 bits per heavy atom. The first-order chi connectivity index (χ1) is 8.16. The molecular formula is C12H17N3O2. The van der Waals surface area contributed by atoms with Gasteiger partial charge in [0.05, 0.1) is 18.8 Å². The molecule has 1 aliphatic rings. The molecule has 1 heterocycles. The van der Waals surface area contributed by atoms with Gasteiger partial charge in [0.15, 0.2) is 0 Å². The van der Waals surface area contributed by atoms with Crippen LogP contribution < -0.4 is 11.2 Å². The first kappa shape index (κ1) is 11.9. The molecule has 1 fully saturated rings. The highest BCUT2D eigenvalue weighted by atomic mass is 16.5. The zero-order chi connectivity index (χ0) is 12.3. The van der Waals surface area contributed by atoms with Gasteiger partial charge < -0.3 is 10.5 Å². The Morgan fingerprint density at radius 3 is 2.82 bits per heavy atom. The van der Waals surface area contributed by atoms with Gasteiger partial charge in [-0.1, -0.05) is 11.6 Å². The van der Waals surface area contributed by atoms with E-state index in [-0.39, 0.29) is 5.91 Å². The minimum absolute atomic E-state index is 0.159. The van der Waals surface area contributed by atoms with Crippen molar-refractivity contribution in [3.63, 3.8) is 0 Å². The number of rotatable bonds is 2. The smallest absolute Gasteiger partial charge is 0.267 e. The molecule has 5 heteroatoms. The molecule has 0 unspecified atom stereocenters. The normalized spacial score (nSPS) is 16.8. The van der Waals surface area contributed by atoms with Gasteiger partial charge >= 0.3 is 0 Å². The summed E-state index contributed by atoms with van der Waals surface area (Å²) < 4.78 is 5.21. The molecule has 1 aliphatic heterocycles. The van der Waals surface area contributed by atoms with Crippen molar-refractivity contribution in [3.8, 4) is 0 Å². The molecule has 0 spiro atoms. The van der Waals surface area contributed by atoms with E-state index in [1.807, 2.05) is 18.0 Å². The molecule has 0 radical (unpaired) electrons. The number of ether oxygens (including phenoxy) is 1. The van der Waals surface area contributed by atoms with E-state index in [1.165, 1.54) is 0 Å². The fourth-order valence-corrected chi connectivity index (χ4v) is 1.75. The van der Waals surface area contributed by atoms with Gasteiger partial charge in [-0.15, -0.1) is 0 Å². The second-order valence-corrected chi connectivity index (χ2v) is 4.13. The highest BCUT2D eigenvalue weighted by Gasteiger charge is 2.15. The fraction of sp³-hybridized carbons (Fsp3) is 0.417. The zero-order valence-electron chi connectivity index (χ0n) is 9.90. The average molecular weight is 235 g/mol. The summed E-state index contributed by atoms with van der Waals surface area (Å²) in [6, 6.07) is 5.44. The van der Waals surface area contributed by atoms with Crippen LogP contribution in [0.4, 0.5) is 5.69 Å². The summed E-state index contributed by atoms with van der Waals surface area (Å²) in [4.78, 5) is 12.0. The molecule has 1 aromatic carbocycles. The molecule has 1 saturated heterocycles. The fourth-order valence-electron chi connectivity index (χ4n) is 1.75. The van der Waals surface area contributed by atoms with Crippen molar-refractivity contribution in [2.45, 2.75) is 6.92 Å². The Bertz CT molecular complexity index is 414. The third kappa shape index (κ3) is 2.95. The number of hydrazine groups is 1. The van der Waals surface area contributed by atoms with Gasteiger partial charge in [0.1, 0.15) is 0 Å². The van der Waals surface area contributed by atoms with Crippen molar-refractivity contribution in [2.24, 2.45) is 0 Å². The Hall–Kier alpha value is -1.59. The number of nitrogens with one attached hydrogen (secondary N) is 1. The van der Waals surface area contributed by atoms with Crippen LogP contribution in [0.15, 0.2) is 18.2 Å². The van der Waals surface area contributed by atoms with Crippen molar-refractivity contribution in [1.29, 1.82) is 0 Å². The third-order valence-electron chi connectivity index (χ3n) is 2.72. The monoisotopic (exact) mass is 235 g/mol. The van der Waals surface area contributed by atoms with Crippen molar-refractivity contribution in [3.05, 3.63) is 29.3 Å². The molecule has 17 heavy (non-hydrogen) atoms. The number of carbonyl (C=O) groups excluding carboxylic acids is 1. The van der Waals surface area contributed by atoms with Gasteiger partial charge in [0.2, 0.25) is 0 Å².